The Morgan fingerprint density at radius 3 is 2.33 bits per heavy atom. The van der Waals surface area contributed by atoms with Crippen molar-refractivity contribution in [3.8, 4) is 0 Å². The van der Waals surface area contributed by atoms with E-state index in [0.717, 1.165) is 25.9 Å². The van der Waals surface area contributed by atoms with E-state index in [4.69, 9.17) is 15.2 Å². The van der Waals surface area contributed by atoms with Crippen molar-refractivity contribution in [3.05, 3.63) is 0 Å². The summed E-state index contributed by atoms with van der Waals surface area (Å²) in [4.78, 5) is 14.7. The molecule has 1 amide bonds. The smallest absolute Gasteiger partial charge is 0.243 e. The highest BCUT2D eigenvalue weighted by atomic mass is 35.5. The van der Waals surface area contributed by atoms with Crippen LogP contribution in [0.4, 0.5) is 0 Å². The molecule has 0 radical (unpaired) electrons. The number of hydrogen-bond donors (Lipinski definition) is 1. The van der Waals surface area contributed by atoms with Gasteiger partial charge >= 0.3 is 0 Å². The van der Waals surface area contributed by atoms with E-state index in [0.29, 0.717) is 13.0 Å². The first-order chi connectivity index (χ1) is 9.36. The third-order valence-electron chi connectivity index (χ3n) is 5.27. The van der Waals surface area contributed by atoms with Crippen LogP contribution in [0.5, 0.6) is 0 Å². The minimum Gasteiger partial charge on any atom is -0.381 e. The van der Waals surface area contributed by atoms with E-state index in [1.165, 1.54) is 0 Å². The Labute approximate surface area is 133 Å². The summed E-state index contributed by atoms with van der Waals surface area (Å²) < 4.78 is 11.0. The van der Waals surface area contributed by atoms with Crippen LogP contribution < -0.4 is 5.73 Å². The number of carbonyl (C=O) groups excluding carboxylic acids is 1. The lowest BCUT2D eigenvalue weighted by molar-refractivity contribution is -0.180. The molecule has 124 valence electrons. The average molecular weight is 321 g/mol. The van der Waals surface area contributed by atoms with E-state index in [1.54, 1.807) is 7.11 Å². The van der Waals surface area contributed by atoms with Crippen LogP contribution in [0.15, 0.2) is 0 Å². The Kier molecular flexibility index (Phi) is 6.07. The molecule has 2 atom stereocenters. The monoisotopic (exact) mass is 320 g/mol. The lowest BCUT2D eigenvalue weighted by Crippen LogP contribution is -2.76. The summed E-state index contributed by atoms with van der Waals surface area (Å²) >= 11 is 0. The molecule has 21 heavy (non-hydrogen) atoms. The molecule has 0 aromatic rings. The zero-order valence-corrected chi connectivity index (χ0v) is 14.4. The lowest BCUT2D eigenvalue weighted by atomic mass is 9.54. The van der Waals surface area contributed by atoms with Gasteiger partial charge in [-0.25, -0.2) is 0 Å². The highest BCUT2D eigenvalue weighted by Crippen LogP contribution is 2.50. The SMILES string of the molecule is CCOC1CC(N)(C(=O)N2CCC(OC)CC2)C1(C)C.Cl. The fourth-order valence-electron chi connectivity index (χ4n) is 3.37. The van der Waals surface area contributed by atoms with E-state index >= 15 is 0 Å². The predicted octanol–water partition coefficient (Wildman–Crippen LogP) is 1.58. The van der Waals surface area contributed by atoms with Crippen LogP contribution in [0.3, 0.4) is 0 Å². The van der Waals surface area contributed by atoms with Gasteiger partial charge in [0.25, 0.3) is 0 Å². The second-order valence-electron chi connectivity index (χ2n) is 6.57. The molecule has 0 spiro atoms. The quantitative estimate of drug-likeness (QED) is 0.854. The molecular formula is C15H29ClN2O3. The number of rotatable bonds is 4. The third-order valence-corrected chi connectivity index (χ3v) is 5.27. The Bertz CT molecular complexity index is 370. The minimum absolute atomic E-state index is 0. The van der Waals surface area contributed by atoms with Crippen LogP contribution in [0.25, 0.3) is 0 Å². The number of likely N-dealkylation sites (tertiary alicyclic amines) is 1. The maximum atomic E-state index is 12.8. The summed E-state index contributed by atoms with van der Waals surface area (Å²) in [5.74, 6) is 0.0769. The minimum atomic E-state index is -0.785. The molecule has 2 N–H and O–H groups in total. The normalized spacial score (nSPS) is 32.2. The van der Waals surface area contributed by atoms with E-state index in [-0.39, 0.29) is 35.9 Å². The topological polar surface area (TPSA) is 64.8 Å². The predicted molar refractivity (Wildman–Crippen MR) is 84.6 cm³/mol. The molecule has 2 fully saturated rings. The number of methoxy groups -OCH3 is 1. The molecule has 0 aromatic carbocycles. The molecule has 1 aliphatic heterocycles. The molecule has 1 heterocycles. The van der Waals surface area contributed by atoms with Gasteiger partial charge in [0.15, 0.2) is 0 Å². The van der Waals surface area contributed by atoms with Crippen LogP contribution in [0.2, 0.25) is 0 Å². The fourth-order valence-corrected chi connectivity index (χ4v) is 3.37. The number of hydrogen-bond acceptors (Lipinski definition) is 4. The summed E-state index contributed by atoms with van der Waals surface area (Å²) in [6.07, 6.45) is 2.77. The van der Waals surface area contributed by atoms with E-state index in [9.17, 15) is 4.79 Å². The zero-order chi connectivity index (χ0) is 15.0. The average Bonchev–Trinajstić information content (AvgIpc) is 2.46. The van der Waals surface area contributed by atoms with Crippen molar-refractivity contribution in [2.24, 2.45) is 11.1 Å². The van der Waals surface area contributed by atoms with Crippen molar-refractivity contribution < 1.29 is 14.3 Å². The van der Waals surface area contributed by atoms with Gasteiger partial charge in [-0.3, -0.25) is 4.79 Å². The van der Waals surface area contributed by atoms with Gasteiger partial charge in [-0.15, -0.1) is 12.4 Å². The van der Waals surface area contributed by atoms with Crippen molar-refractivity contribution in [2.75, 3.05) is 26.8 Å². The first kappa shape index (κ1) is 18.7. The zero-order valence-electron chi connectivity index (χ0n) is 13.6. The van der Waals surface area contributed by atoms with E-state index < -0.39 is 5.54 Å². The van der Waals surface area contributed by atoms with Crippen LogP contribution in [0, 0.1) is 5.41 Å². The Morgan fingerprint density at radius 2 is 1.90 bits per heavy atom. The number of amides is 1. The molecule has 1 saturated heterocycles. The van der Waals surface area contributed by atoms with Gasteiger partial charge in [0.1, 0.15) is 5.54 Å². The van der Waals surface area contributed by atoms with Crippen molar-refractivity contribution in [1.29, 1.82) is 0 Å². The van der Waals surface area contributed by atoms with Crippen LogP contribution in [0.1, 0.15) is 40.0 Å². The van der Waals surface area contributed by atoms with Gasteiger partial charge < -0.3 is 20.1 Å². The van der Waals surface area contributed by atoms with Crippen molar-refractivity contribution in [1.82, 2.24) is 4.90 Å². The molecule has 0 bridgehead atoms. The Hall–Kier alpha value is -0.360. The highest BCUT2D eigenvalue weighted by Gasteiger charge is 2.63. The van der Waals surface area contributed by atoms with Gasteiger partial charge in [-0.2, -0.15) is 0 Å². The summed E-state index contributed by atoms with van der Waals surface area (Å²) in [7, 11) is 1.73. The van der Waals surface area contributed by atoms with Crippen molar-refractivity contribution in [3.63, 3.8) is 0 Å². The van der Waals surface area contributed by atoms with Crippen molar-refractivity contribution in [2.45, 2.75) is 57.8 Å². The molecule has 2 aliphatic rings. The van der Waals surface area contributed by atoms with Crippen molar-refractivity contribution >= 4 is 18.3 Å². The first-order valence-electron chi connectivity index (χ1n) is 7.59. The molecule has 1 aliphatic carbocycles. The fraction of sp³-hybridized carbons (Fsp3) is 0.933. The molecule has 2 unspecified atom stereocenters. The van der Waals surface area contributed by atoms with E-state index in [1.807, 2.05) is 25.7 Å². The van der Waals surface area contributed by atoms with Crippen LogP contribution in [-0.4, -0.2) is 55.4 Å². The molecular weight excluding hydrogens is 292 g/mol. The lowest BCUT2D eigenvalue weighted by Gasteiger charge is -2.59. The van der Waals surface area contributed by atoms with Gasteiger partial charge in [-0.05, 0) is 19.8 Å². The number of piperidine rings is 1. The molecule has 2 rings (SSSR count). The Morgan fingerprint density at radius 1 is 1.33 bits per heavy atom. The second kappa shape index (κ2) is 6.82. The van der Waals surface area contributed by atoms with Gasteiger partial charge in [0, 0.05) is 38.6 Å². The summed E-state index contributed by atoms with van der Waals surface area (Å²) in [5, 5.41) is 0. The second-order valence-corrected chi connectivity index (χ2v) is 6.57. The molecule has 1 saturated carbocycles. The number of nitrogens with two attached hydrogens (primary N) is 1. The highest BCUT2D eigenvalue weighted by molar-refractivity contribution is 5.89. The molecule has 0 aromatic heterocycles. The van der Waals surface area contributed by atoms with E-state index in [2.05, 4.69) is 0 Å². The van der Waals surface area contributed by atoms with Crippen LogP contribution in [-0.2, 0) is 14.3 Å². The molecule has 5 nitrogen and oxygen atoms in total. The number of halogens is 1. The summed E-state index contributed by atoms with van der Waals surface area (Å²) in [5.41, 5.74) is 5.35. The van der Waals surface area contributed by atoms with Gasteiger partial charge in [0.05, 0.1) is 12.2 Å². The maximum absolute atomic E-state index is 12.8. The third kappa shape index (κ3) is 3.07. The standard InChI is InChI=1S/C15H28N2O3.ClH/c1-5-20-12-10-15(16,14(12,2)3)13(18)17-8-6-11(19-4)7-9-17;/h11-12H,5-10,16H2,1-4H3;1H. The number of ether oxygens (including phenoxy) is 2. The molecule has 6 heteroatoms. The van der Waals surface area contributed by atoms with Gasteiger partial charge in [0.2, 0.25) is 5.91 Å². The Balaban J connectivity index is 0.00000220. The van der Waals surface area contributed by atoms with Gasteiger partial charge in [-0.1, -0.05) is 13.8 Å². The number of nitrogens with zero attached hydrogens (tertiary/aromatic N) is 1. The largest absolute Gasteiger partial charge is 0.381 e. The summed E-state index contributed by atoms with van der Waals surface area (Å²) in [6.45, 7) is 8.20. The summed E-state index contributed by atoms with van der Waals surface area (Å²) in [6, 6.07) is 0. The number of carbonyl (C=O) groups is 1. The first-order valence-corrected chi connectivity index (χ1v) is 7.59. The van der Waals surface area contributed by atoms with Crippen LogP contribution >= 0.6 is 12.4 Å². The maximum Gasteiger partial charge on any atom is 0.243 e.